The molecule has 0 radical (unpaired) electrons. The van der Waals surface area contributed by atoms with Gasteiger partial charge in [0.15, 0.2) is 0 Å². The van der Waals surface area contributed by atoms with Crippen molar-refractivity contribution < 1.29 is 18.3 Å². The molecule has 1 aromatic rings. The molecule has 0 spiro atoms. The number of ether oxygens (including phenoxy) is 1. The molecule has 1 aliphatic rings. The summed E-state index contributed by atoms with van der Waals surface area (Å²) >= 11 is 0. The van der Waals surface area contributed by atoms with Crippen molar-refractivity contribution in [1.82, 2.24) is 4.31 Å². The number of methoxy groups -OCH3 is 1. The van der Waals surface area contributed by atoms with Gasteiger partial charge in [0.2, 0.25) is 10.0 Å². The first-order chi connectivity index (χ1) is 8.04. The molecule has 17 heavy (non-hydrogen) atoms. The van der Waals surface area contributed by atoms with Crippen molar-refractivity contribution in [2.45, 2.75) is 17.4 Å². The second-order valence-electron chi connectivity index (χ2n) is 3.98. The Morgan fingerprint density at radius 1 is 1.35 bits per heavy atom. The molecule has 6 heteroatoms. The molecule has 94 valence electrons. The van der Waals surface area contributed by atoms with Crippen LogP contribution in [0.15, 0.2) is 29.2 Å². The topological polar surface area (TPSA) is 66.8 Å². The molecule has 0 bridgehead atoms. The van der Waals surface area contributed by atoms with Gasteiger partial charge in [0, 0.05) is 13.1 Å². The Morgan fingerprint density at radius 3 is 2.47 bits per heavy atom. The molecule has 1 heterocycles. The smallest absolute Gasteiger partial charge is 0.243 e. The molecular weight excluding hydrogens is 242 g/mol. The normalized spacial score (nSPS) is 21.6. The highest BCUT2D eigenvalue weighted by atomic mass is 32.2. The fourth-order valence-electron chi connectivity index (χ4n) is 1.83. The van der Waals surface area contributed by atoms with Crippen LogP contribution >= 0.6 is 0 Å². The predicted octanol–water partition coefficient (Wildman–Crippen LogP) is 0.450. The Hall–Kier alpha value is -1.11. The molecule has 1 fully saturated rings. The van der Waals surface area contributed by atoms with Gasteiger partial charge in [-0.25, -0.2) is 8.42 Å². The average molecular weight is 257 g/mol. The number of nitrogens with zero attached hydrogens (tertiary/aromatic N) is 1. The zero-order chi connectivity index (χ0) is 12.5. The zero-order valence-corrected chi connectivity index (χ0v) is 10.4. The molecule has 1 N–H and O–H groups in total. The van der Waals surface area contributed by atoms with E-state index in [4.69, 9.17) is 4.74 Å². The zero-order valence-electron chi connectivity index (χ0n) is 9.54. The molecule has 5 nitrogen and oxygen atoms in total. The summed E-state index contributed by atoms with van der Waals surface area (Å²) in [7, 11) is -1.95. The fourth-order valence-corrected chi connectivity index (χ4v) is 3.32. The van der Waals surface area contributed by atoms with Crippen molar-refractivity contribution in [1.29, 1.82) is 0 Å². The van der Waals surface area contributed by atoms with Crippen LogP contribution in [0.25, 0.3) is 0 Å². The van der Waals surface area contributed by atoms with Crippen LogP contribution in [0.1, 0.15) is 6.42 Å². The first kappa shape index (κ1) is 12.3. The van der Waals surface area contributed by atoms with Crippen LogP contribution in [0.4, 0.5) is 0 Å². The third-order valence-electron chi connectivity index (χ3n) is 2.82. The summed E-state index contributed by atoms with van der Waals surface area (Å²) in [6, 6.07) is 6.25. The van der Waals surface area contributed by atoms with E-state index in [1.54, 1.807) is 12.1 Å². The van der Waals surface area contributed by atoms with Gasteiger partial charge in [-0.15, -0.1) is 0 Å². The summed E-state index contributed by atoms with van der Waals surface area (Å²) in [5.41, 5.74) is 0. The second-order valence-corrected chi connectivity index (χ2v) is 5.92. The molecule has 1 aromatic carbocycles. The van der Waals surface area contributed by atoms with E-state index in [0.29, 0.717) is 18.7 Å². The number of sulfonamides is 1. The number of β-amino-alcohol motifs (C(OH)–C–C–N with tert-alkyl or cyclic N) is 1. The first-order valence-corrected chi connectivity index (χ1v) is 6.80. The van der Waals surface area contributed by atoms with Crippen LogP contribution in [0.3, 0.4) is 0 Å². The molecule has 0 aliphatic carbocycles. The van der Waals surface area contributed by atoms with Crippen LogP contribution in [0.5, 0.6) is 5.75 Å². The highest BCUT2D eigenvalue weighted by Gasteiger charge is 2.31. The van der Waals surface area contributed by atoms with E-state index in [1.165, 1.54) is 23.5 Å². The van der Waals surface area contributed by atoms with E-state index in [-0.39, 0.29) is 11.4 Å². The number of hydrogen-bond donors (Lipinski definition) is 1. The summed E-state index contributed by atoms with van der Waals surface area (Å²) in [4.78, 5) is 0.229. The Bertz CT molecular complexity index is 483. The Morgan fingerprint density at radius 2 is 2.00 bits per heavy atom. The second kappa shape index (κ2) is 4.64. The maximum Gasteiger partial charge on any atom is 0.243 e. The fraction of sp³-hybridized carbons (Fsp3) is 0.455. The van der Waals surface area contributed by atoms with E-state index in [9.17, 15) is 13.5 Å². The van der Waals surface area contributed by atoms with Gasteiger partial charge in [-0.2, -0.15) is 4.31 Å². The lowest BCUT2D eigenvalue weighted by atomic mass is 10.3. The molecule has 0 aromatic heterocycles. The van der Waals surface area contributed by atoms with Crippen molar-refractivity contribution in [3.8, 4) is 5.75 Å². The van der Waals surface area contributed by atoms with Crippen molar-refractivity contribution >= 4 is 10.0 Å². The number of aliphatic hydroxyl groups is 1. The SMILES string of the molecule is COc1ccc(S(=O)(=O)N2CC[C@@H](O)C2)cc1. The average Bonchev–Trinajstić information content (AvgIpc) is 2.77. The minimum absolute atomic E-state index is 0.175. The third kappa shape index (κ3) is 2.43. The third-order valence-corrected chi connectivity index (χ3v) is 4.70. The number of rotatable bonds is 3. The molecule has 2 rings (SSSR count). The molecular formula is C11H15NO4S. The van der Waals surface area contributed by atoms with Gasteiger partial charge in [0.1, 0.15) is 5.75 Å². The Labute approximate surface area is 101 Å². The van der Waals surface area contributed by atoms with Crippen LogP contribution < -0.4 is 4.74 Å². The van der Waals surface area contributed by atoms with E-state index in [0.717, 1.165) is 0 Å². The van der Waals surface area contributed by atoms with Crippen LogP contribution in [0.2, 0.25) is 0 Å². The van der Waals surface area contributed by atoms with Gasteiger partial charge in [-0.1, -0.05) is 0 Å². The summed E-state index contributed by atoms with van der Waals surface area (Å²) < 4.78 is 30.6. The molecule has 0 amide bonds. The van der Waals surface area contributed by atoms with Crippen LogP contribution in [-0.2, 0) is 10.0 Å². The number of benzene rings is 1. The predicted molar refractivity (Wildman–Crippen MR) is 62.4 cm³/mol. The summed E-state index contributed by atoms with van der Waals surface area (Å²) in [5.74, 6) is 0.616. The van der Waals surface area contributed by atoms with Gasteiger partial charge in [0.05, 0.1) is 18.1 Å². The molecule has 1 aliphatic heterocycles. The molecule has 0 unspecified atom stereocenters. The number of hydrogen-bond acceptors (Lipinski definition) is 4. The summed E-state index contributed by atoms with van der Waals surface area (Å²) in [5, 5.41) is 9.37. The van der Waals surface area contributed by atoms with Crippen molar-refractivity contribution in [2.24, 2.45) is 0 Å². The minimum Gasteiger partial charge on any atom is -0.497 e. The lowest BCUT2D eigenvalue weighted by Gasteiger charge is -2.15. The summed E-state index contributed by atoms with van der Waals surface area (Å²) in [6.07, 6.45) is -0.0573. The maximum atomic E-state index is 12.2. The van der Waals surface area contributed by atoms with Crippen molar-refractivity contribution in [2.75, 3.05) is 20.2 Å². The highest BCUT2D eigenvalue weighted by molar-refractivity contribution is 7.89. The van der Waals surface area contributed by atoms with Crippen LogP contribution in [0, 0.1) is 0 Å². The molecule has 1 saturated heterocycles. The van der Waals surface area contributed by atoms with Crippen LogP contribution in [-0.4, -0.2) is 44.1 Å². The minimum atomic E-state index is -3.48. The van der Waals surface area contributed by atoms with Gasteiger partial charge in [-0.05, 0) is 30.7 Å². The van der Waals surface area contributed by atoms with Crippen molar-refractivity contribution in [3.05, 3.63) is 24.3 Å². The van der Waals surface area contributed by atoms with Gasteiger partial charge < -0.3 is 9.84 Å². The largest absolute Gasteiger partial charge is 0.497 e. The Kier molecular flexibility index (Phi) is 3.37. The highest BCUT2D eigenvalue weighted by Crippen LogP contribution is 2.22. The van der Waals surface area contributed by atoms with Gasteiger partial charge >= 0.3 is 0 Å². The van der Waals surface area contributed by atoms with E-state index >= 15 is 0 Å². The lowest BCUT2D eigenvalue weighted by molar-refractivity contribution is 0.189. The van der Waals surface area contributed by atoms with E-state index in [1.807, 2.05) is 0 Å². The van der Waals surface area contributed by atoms with Gasteiger partial charge in [0.25, 0.3) is 0 Å². The monoisotopic (exact) mass is 257 g/mol. The van der Waals surface area contributed by atoms with E-state index < -0.39 is 16.1 Å². The number of aliphatic hydroxyl groups excluding tert-OH is 1. The standard InChI is InChI=1S/C11H15NO4S/c1-16-10-2-4-11(5-3-10)17(14,15)12-7-6-9(13)8-12/h2-5,9,13H,6-8H2,1H3/t9-/m1/s1. The molecule has 0 saturated carbocycles. The summed E-state index contributed by atoms with van der Waals surface area (Å²) in [6.45, 7) is 0.546. The quantitative estimate of drug-likeness (QED) is 0.853. The maximum absolute atomic E-state index is 12.2. The van der Waals surface area contributed by atoms with Crippen molar-refractivity contribution in [3.63, 3.8) is 0 Å². The first-order valence-electron chi connectivity index (χ1n) is 5.36. The Balaban J connectivity index is 2.25. The van der Waals surface area contributed by atoms with Gasteiger partial charge in [-0.3, -0.25) is 0 Å². The molecule has 1 atom stereocenters. The van der Waals surface area contributed by atoms with E-state index in [2.05, 4.69) is 0 Å². The lowest BCUT2D eigenvalue weighted by Crippen LogP contribution is -2.29.